The molecule has 2 aromatic heterocycles. The van der Waals surface area contributed by atoms with Crippen LogP contribution in [0.4, 0.5) is 5.69 Å². The number of halogens is 1. The van der Waals surface area contributed by atoms with Crippen molar-refractivity contribution in [3.63, 3.8) is 0 Å². The zero-order valence-corrected chi connectivity index (χ0v) is 12.3. The minimum atomic E-state index is 0.736. The van der Waals surface area contributed by atoms with E-state index in [9.17, 15) is 0 Å². The Morgan fingerprint density at radius 1 is 1.20 bits per heavy atom. The lowest BCUT2D eigenvalue weighted by Crippen LogP contribution is -2.05. The number of nitrogens with one attached hydrogen (secondary N) is 1. The molecule has 4 heteroatoms. The highest BCUT2D eigenvalue weighted by molar-refractivity contribution is 6.30. The van der Waals surface area contributed by atoms with Crippen LogP contribution in [0.2, 0.25) is 5.02 Å². The van der Waals surface area contributed by atoms with E-state index in [1.807, 2.05) is 49.5 Å². The highest BCUT2D eigenvalue weighted by Gasteiger charge is 2.08. The molecule has 2 heterocycles. The van der Waals surface area contributed by atoms with E-state index in [0.29, 0.717) is 0 Å². The average molecular weight is 286 g/mol. The van der Waals surface area contributed by atoms with Gasteiger partial charge in [-0.3, -0.25) is 0 Å². The summed E-state index contributed by atoms with van der Waals surface area (Å²) in [7, 11) is 0. The van der Waals surface area contributed by atoms with Crippen LogP contribution in [-0.2, 0) is 6.54 Å². The molecule has 0 aliphatic rings. The van der Waals surface area contributed by atoms with E-state index in [4.69, 9.17) is 11.6 Å². The molecule has 3 nitrogen and oxygen atoms in total. The van der Waals surface area contributed by atoms with Crippen molar-refractivity contribution in [1.29, 1.82) is 0 Å². The second kappa shape index (κ2) is 5.17. The van der Waals surface area contributed by atoms with Crippen molar-refractivity contribution in [2.45, 2.75) is 20.4 Å². The minimum Gasteiger partial charge on any atom is -0.379 e. The predicted molar refractivity (Wildman–Crippen MR) is 83.4 cm³/mol. The Labute approximate surface area is 123 Å². The van der Waals surface area contributed by atoms with Gasteiger partial charge in [0.2, 0.25) is 0 Å². The van der Waals surface area contributed by atoms with Crippen LogP contribution in [0.3, 0.4) is 0 Å². The lowest BCUT2D eigenvalue weighted by atomic mass is 10.2. The third-order valence-electron chi connectivity index (χ3n) is 3.46. The Kier molecular flexibility index (Phi) is 3.36. The summed E-state index contributed by atoms with van der Waals surface area (Å²) in [5, 5.41) is 4.22. The number of aryl methyl sites for hydroxylation is 2. The van der Waals surface area contributed by atoms with Crippen molar-refractivity contribution in [3.05, 3.63) is 64.6 Å². The second-order valence-electron chi connectivity index (χ2n) is 4.89. The Morgan fingerprint density at radius 3 is 2.85 bits per heavy atom. The van der Waals surface area contributed by atoms with Crippen molar-refractivity contribution >= 4 is 22.9 Å². The summed E-state index contributed by atoms with van der Waals surface area (Å²) in [6.45, 7) is 4.83. The van der Waals surface area contributed by atoms with Crippen LogP contribution < -0.4 is 5.32 Å². The Hall–Kier alpha value is -2.00. The van der Waals surface area contributed by atoms with Crippen LogP contribution in [0.1, 0.15) is 17.0 Å². The molecular weight excluding hydrogens is 270 g/mol. The molecule has 1 N–H and O–H groups in total. The predicted octanol–water partition coefficient (Wildman–Crippen LogP) is 4.22. The maximum atomic E-state index is 5.98. The van der Waals surface area contributed by atoms with Gasteiger partial charge >= 0.3 is 0 Å². The third kappa shape index (κ3) is 2.37. The average Bonchev–Trinajstić information content (AvgIpc) is 2.74. The number of hydrogen-bond donors (Lipinski definition) is 1. The van der Waals surface area contributed by atoms with Crippen LogP contribution in [0.15, 0.2) is 42.6 Å². The first kappa shape index (κ1) is 13.0. The first-order valence-electron chi connectivity index (χ1n) is 6.58. The van der Waals surface area contributed by atoms with Gasteiger partial charge in [0, 0.05) is 16.9 Å². The van der Waals surface area contributed by atoms with Gasteiger partial charge in [-0.15, -0.1) is 0 Å². The summed E-state index contributed by atoms with van der Waals surface area (Å²) in [6.07, 6.45) is 2.04. The van der Waals surface area contributed by atoms with Crippen LogP contribution in [0, 0.1) is 13.8 Å². The van der Waals surface area contributed by atoms with Crippen molar-refractivity contribution in [1.82, 2.24) is 9.38 Å². The highest BCUT2D eigenvalue weighted by atomic mass is 35.5. The Bertz CT molecular complexity index is 762. The molecule has 0 fully saturated rings. The molecular formula is C16H16ClN3. The number of benzene rings is 1. The molecule has 0 aliphatic carbocycles. The first-order chi connectivity index (χ1) is 9.65. The molecule has 20 heavy (non-hydrogen) atoms. The van der Waals surface area contributed by atoms with E-state index < -0.39 is 0 Å². The number of fused-ring (bicyclic) bond motifs is 1. The standard InChI is InChI=1S/C16H16ClN3/c1-11-9-13(17)6-7-14(11)18-10-15-12(2)19-16-5-3-4-8-20(15)16/h3-9,18H,10H2,1-2H3. The molecule has 0 saturated heterocycles. The second-order valence-corrected chi connectivity index (χ2v) is 5.32. The molecule has 0 radical (unpaired) electrons. The molecule has 3 rings (SSSR count). The molecule has 0 spiro atoms. The zero-order chi connectivity index (χ0) is 14.1. The summed E-state index contributed by atoms with van der Waals surface area (Å²) in [5.41, 5.74) is 5.45. The van der Waals surface area contributed by atoms with Crippen molar-refractivity contribution < 1.29 is 0 Å². The molecule has 0 bridgehead atoms. The van der Waals surface area contributed by atoms with Gasteiger partial charge in [-0.1, -0.05) is 17.7 Å². The summed E-state index contributed by atoms with van der Waals surface area (Å²) in [5.74, 6) is 0. The molecule has 0 atom stereocenters. The van der Waals surface area contributed by atoms with Crippen molar-refractivity contribution in [3.8, 4) is 0 Å². The Morgan fingerprint density at radius 2 is 2.05 bits per heavy atom. The van der Waals surface area contributed by atoms with Gasteiger partial charge in [0.05, 0.1) is 17.9 Å². The SMILES string of the molecule is Cc1cc(Cl)ccc1NCc1c(C)nc2ccccn12. The number of imidazole rings is 1. The first-order valence-corrected chi connectivity index (χ1v) is 6.95. The topological polar surface area (TPSA) is 29.3 Å². The molecule has 102 valence electrons. The van der Waals surface area contributed by atoms with Crippen LogP contribution >= 0.6 is 11.6 Å². The van der Waals surface area contributed by atoms with Gasteiger partial charge in [-0.05, 0) is 49.7 Å². The summed E-state index contributed by atoms with van der Waals surface area (Å²) >= 11 is 5.98. The van der Waals surface area contributed by atoms with Gasteiger partial charge in [0.15, 0.2) is 0 Å². The maximum Gasteiger partial charge on any atom is 0.137 e. The smallest absolute Gasteiger partial charge is 0.137 e. The minimum absolute atomic E-state index is 0.736. The molecule has 0 saturated carbocycles. The molecule has 0 unspecified atom stereocenters. The van der Waals surface area contributed by atoms with Gasteiger partial charge in [0.25, 0.3) is 0 Å². The fourth-order valence-electron chi connectivity index (χ4n) is 2.38. The van der Waals surface area contributed by atoms with Gasteiger partial charge in [-0.2, -0.15) is 0 Å². The van der Waals surface area contributed by atoms with E-state index >= 15 is 0 Å². The lowest BCUT2D eigenvalue weighted by molar-refractivity contribution is 0.985. The van der Waals surface area contributed by atoms with Gasteiger partial charge in [-0.25, -0.2) is 4.98 Å². The van der Waals surface area contributed by atoms with Crippen LogP contribution in [-0.4, -0.2) is 9.38 Å². The zero-order valence-electron chi connectivity index (χ0n) is 11.5. The quantitative estimate of drug-likeness (QED) is 0.781. The highest BCUT2D eigenvalue weighted by Crippen LogP contribution is 2.21. The van der Waals surface area contributed by atoms with E-state index in [1.165, 1.54) is 5.69 Å². The Balaban J connectivity index is 1.88. The summed E-state index contributed by atoms with van der Waals surface area (Å²) in [6, 6.07) is 11.9. The number of pyridine rings is 1. The summed E-state index contributed by atoms with van der Waals surface area (Å²) in [4.78, 5) is 4.56. The van der Waals surface area contributed by atoms with E-state index in [0.717, 1.165) is 34.2 Å². The molecule has 0 amide bonds. The third-order valence-corrected chi connectivity index (χ3v) is 3.70. The number of rotatable bonds is 3. The monoisotopic (exact) mass is 285 g/mol. The molecule has 1 aromatic carbocycles. The lowest BCUT2D eigenvalue weighted by Gasteiger charge is -2.10. The molecule has 3 aromatic rings. The maximum absolute atomic E-state index is 5.98. The fourth-order valence-corrected chi connectivity index (χ4v) is 2.61. The van der Waals surface area contributed by atoms with Gasteiger partial charge < -0.3 is 9.72 Å². The number of hydrogen-bond acceptors (Lipinski definition) is 2. The number of anilines is 1. The normalized spacial score (nSPS) is 10.9. The largest absolute Gasteiger partial charge is 0.379 e. The van der Waals surface area contributed by atoms with Crippen LogP contribution in [0.25, 0.3) is 5.65 Å². The van der Waals surface area contributed by atoms with Crippen LogP contribution in [0.5, 0.6) is 0 Å². The summed E-state index contributed by atoms with van der Waals surface area (Å²) < 4.78 is 2.12. The van der Waals surface area contributed by atoms with E-state index in [2.05, 4.69) is 21.6 Å². The van der Waals surface area contributed by atoms with Gasteiger partial charge in [0.1, 0.15) is 5.65 Å². The van der Waals surface area contributed by atoms with E-state index in [1.54, 1.807) is 0 Å². The van der Waals surface area contributed by atoms with Crippen molar-refractivity contribution in [2.75, 3.05) is 5.32 Å². The number of nitrogens with zero attached hydrogens (tertiary/aromatic N) is 2. The van der Waals surface area contributed by atoms with Crippen molar-refractivity contribution in [2.24, 2.45) is 0 Å². The number of aromatic nitrogens is 2. The molecule has 0 aliphatic heterocycles. The fraction of sp³-hybridized carbons (Fsp3) is 0.188. The van der Waals surface area contributed by atoms with E-state index in [-0.39, 0.29) is 0 Å².